The van der Waals surface area contributed by atoms with Crippen molar-refractivity contribution in [3.8, 4) is 0 Å². The van der Waals surface area contributed by atoms with Crippen LogP contribution in [0.2, 0.25) is 18.1 Å². The van der Waals surface area contributed by atoms with Gasteiger partial charge in [0.2, 0.25) is 5.91 Å². The number of hydrogen-bond acceptors (Lipinski definition) is 2. The first-order valence-corrected chi connectivity index (χ1v) is 15.6. The SMILES string of the molecule is C=CC[C@@H](O[Si](C)(C)C(C)(C)C)[C@H](CC)CCCNC(=O)[C@H](CC)CCCC(=C)CC. The Balaban J connectivity index is 4.63. The van der Waals surface area contributed by atoms with Gasteiger partial charge in [0.05, 0.1) is 6.10 Å². The summed E-state index contributed by atoms with van der Waals surface area (Å²) in [6, 6.07) is 0. The summed E-state index contributed by atoms with van der Waals surface area (Å²) in [5, 5.41) is 3.40. The summed E-state index contributed by atoms with van der Waals surface area (Å²) in [4.78, 5) is 12.6. The first-order chi connectivity index (χ1) is 14.4. The summed E-state index contributed by atoms with van der Waals surface area (Å²) in [6.45, 7) is 26.9. The Morgan fingerprint density at radius 3 is 2.23 bits per heavy atom. The van der Waals surface area contributed by atoms with Crippen LogP contribution in [0.25, 0.3) is 0 Å². The van der Waals surface area contributed by atoms with Crippen LogP contribution in [0.15, 0.2) is 24.8 Å². The van der Waals surface area contributed by atoms with E-state index in [4.69, 9.17) is 4.43 Å². The fourth-order valence-electron chi connectivity index (χ4n) is 3.73. The summed E-state index contributed by atoms with van der Waals surface area (Å²) in [5.74, 6) is 0.853. The summed E-state index contributed by atoms with van der Waals surface area (Å²) < 4.78 is 6.78. The third kappa shape index (κ3) is 11.5. The van der Waals surface area contributed by atoms with Crippen molar-refractivity contribution in [2.24, 2.45) is 11.8 Å². The molecule has 0 rings (SSSR count). The van der Waals surface area contributed by atoms with E-state index in [1.165, 1.54) is 5.57 Å². The normalized spacial score (nSPS) is 15.2. The molecule has 0 bridgehead atoms. The zero-order valence-electron chi connectivity index (χ0n) is 22.1. The van der Waals surface area contributed by atoms with Crippen LogP contribution in [0.5, 0.6) is 0 Å². The van der Waals surface area contributed by atoms with E-state index in [0.29, 0.717) is 5.92 Å². The lowest BCUT2D eigenvalue weighted by Gasteiger charge is -2.41. The van der Waals surface area contributed by atoms with E-state index >= 15 is 0 Å². The van der Waals surface area contributed by atoms with Gasteiger partial charge in [0.15, 0.2) is 8.32 Å². The molecule has 1 N–H and O–H groups in total. The third-order valence-corrected chi connectivity index (χ3v) is 11.7. The molecule has 3 nitrogen and oxygen atoms in total. The predicted molar refractivity (Wildman–Crippen MR) is 140 cm³/mol. The molecular weight excluding hydrogens is 398 g/mol. The second-order valence-electron chi connectivity index (χ2n) is 10.6. The smallest absolute Gasteiger partial charge is 0.223 e. The summed E-state index contributed by atoms with van der Waals surface area (Å²) in [5.41, 5.74) is 1.29. The molecule has 0 fully saturated rings. The molecular formula is C27H53NO2Si. The number of carbonyl (C=O) groups is 1. The first-order valence-electron chi connectivity index (χ1n) is 12.7. The summed E-state index contributed by atoms with van der Waals surface area (Å²) in [7, 11) is -1.82. The van der Waals surface area contributed by atoms with Crippen molar-refractivity contribution in [3.05, 3.63) is 24.8 Å². The lowest BCUT2D eigenvalue weighted by molar-refractivity contribution is -0.125. The number of amides is 1. The van der Waals surface area contributed by atoms with E-state index in [1.807, 2.05) is 6.08 Å². The van der Waals surface area contributed by atoms with Crippen molar-refractivity contribution in [1.82, 2.24) is 5.32 Å². The molecule has 0 aliphatic carbocycles. The molecule has 1 amide bonds. The van der Waals surface area contributed by atoms with Crippen molar-refractivity contribution in [3.63, 3.8) is 0 Å². The number of nitrogens with one attached hydrogen (secondary N) is 1. The third-order valence-electron chi connectivity index (χ3n) is 7.20. The summed E-state index contributed by atoms with van der Waals surface area (Å²) in [6.07, 6.45) is 11.3. The zero-order valence-corrected chi connectivity index (χ0v) is 23.1. The van der Waals surface area contributed by atoms with Crippen molar-refractivity contribution in [2.45, 2.75) is 124 Å². The molecule has 0 spiro atoms. The molecule has 0 heterocycles. The van der Waals surface area contributed by atoms with Crippen LogP contribution in [0, 0.1) is 11.8 Å². The van der Waals surface area contributed by atoms with Crippen molar-refractivity contribution < 1.29 is 9.22 Å². The molecule has 0 aliphatic heterocycles. The summed E-state index contributed by atoms with van der Waals surface area (Å²) >= 11 is 0. The molecule has 31 heavy (non-hydrogen) atoms. The lowest BCUT2D eigenvalue weighted by Crippen LogP contribution is -2.45. The minimum Gasteiger partial charge on any atom is -0.413 e. The van der Waals surface area contributed by atoms with E-state index in [2.05, 4.69) is 73.1 Å². The van der Waals surface area contributed by atoms with Gasteiger partial charge < -0.3 is 9.74 Å². The zero-order chi connectivity index (χ0) is 24.1. The van der Waals surface area contributed by atoms with Gasteiger partial charge >= 0.3 is 0 Å². The van der Waals surface area contributed by atoms with Gasteiger partial charge in [-0.1, -0.05) is 66.2 Å². The highest BCUT2D eigenvalue weighted by molar-refractivity contribution is 6.74. The Hall–Kier alpha value is -0.873. The van der Waals surface area contributed by atoms with E-state index in [-0.39, 0.29) is 23.0 Å². The maximum absolute atomic E-state index is 12.6. The Bertz CT molecular complexity index is 536. The van der Waals surface area contributed by atoms with Gasteiger partial charge in [0.1, 0.15) is 0 Å². The van der Waals surface area contributed by atoms with Crippen LogP contribution in [0.3, 0.4) is 0 Å². The second-order valence-corrected chi connectivity index (χ2v) is 15.4. The fraction of sp³-hybridized carbons (Fsp3) is 0.815. The molecule has 0 aliphatic rings. The molecule has 0 aromatic carbocycles. The van der Waals surface area contributed by atoms with Gasteiger partial charge in [-0.15, -0.1) is 6.58 Å². The average molecular weight is 452 g/mol. The predicted octanol–water partition coefficient (Wildman–Crippen LogP) is 8.04. The Labute approximate surface area is 195 Å². The highest BCUT2D eigenvalue weighted by Gasteiger charge is 2.40. The van der Waals surface area contributed by atoms with Gasteiger partial charge in [0, 0.05) is 12.5 Å². The quantitative estimate of drug-likeness (QED) is 0.138. The monoisotopic (exact) mass is 451 g/mol. The molecule has 0 unspecified atom stereocenters. The molecule has 0 aromatic rings. The molecule has 3 atom stereocenters. The maximum Gasteiger partial charge on any atom is 0.223 e. The Morgan fingerprint density at radius 2 is 1.74 bits per heavy atom. The molecule has 0 saturated carbocycles. The molecule has 4 heteroatoms. The van der Waals surface area contributed by atoms with Crippen LogP contribution < -0.4 is 5.32 Å². The lowest BCUT2D eigenvalue weighted by atomic mass is 9.92. The fourth-order valence-corrected chi connectivity index (χ4v) is 5.12. The van der Waals surface area contributed by atoms with Gasteiger partial charge in [-0.25, -0.2) is 0 Å². The highest BCUT2D eigenvalue weighted by atomic mass is 28.4. The molecule has 0 aromatic heterocycles. The average Bonchev–Trinajstić information content (AvgIpc) is 2.69. The Kier molecular flexibility index (Phi) is 14.6. The van der Waals surface area contributed by atoms with Crippen LogP contribution >= 0.6 is 0 Å². The number of hydrogen-bond donors (Lipinski definition) is 1. The van der Waals surface area contributed by atoms with Gasteiger partial charge in [-0.3, -0.25) is 4.79 Å². The van der Waals surface area contributed by atoms with Crippen molar-refractivity contribution in [2.75, 3.05) is 6.54 Å². The number of rotatable bonds is 17. The van der Waals surface area contributed by atoms with Gasteiger partial charge in [-0.2, -0.15) is 0 Å². The minimum absolute atomic E-state index is 0.127. The van der Waals surface area contributed by atoms with E-state index < -0.39 is 8.32 Å². The standard InChI is InChI=1S/C27H53NO2Si/c1-11-17-25(30-31(9,10)27(6,7)8)23(13-3)20-16-21-28-26(29)24(14-4)19-15-18-22(5)12-2/h11,23-25H,1,5,12-21H2,2-4,6-10H3,(H,28,29)/t23-,24-,25-/m1/s1. The van der Waals surface area contributed by atoms with Crippen LogP contribution in [-0.4, -0.2) is 26.9 Å². The second kappa shape index (κ2) is 15.1. The topological polar surface area (TPSA) is 38.3 Å². The van der Waals surface area contributed by atoms with E-state index in [0.717, 1.165) is 64.3 Å². The first kappa shape index (κ1) is 30.1. The van der Waals surface area contributed by atoms with Crippen LogP contribution in [0.4, 0.5) is 0 Å². The highest BCUT2D eigenvalue weighted by Crippen LogP contribution is 2.39. The Morgan fingerprint density at radius 1 is 1.10 bits per heavy atom. The van der Waals surface area contributed by atoms with Gasteiger partial charge in [0.25, 0.3) is 0 Å². The molecule has 0 radical (unpaired) electrons. The van der Waals surface area contributed by atoms with E-state index in [9.17, 15) is 4.79 Å². The molecule has 182 valence electrons. The van der Waals surface area contributed by atoms with E-state index in [1.54, 1.807) is 0 Å². The van der Waals surface area contributed by atoms with Gasteiger partial charge in [-0.05, 0) is 75.4 Å². The van der Waals surface area contributed by atoms with Crippen molar-refractivity contribution >= 4 is 14.2 Å². The largest absolute Gasteiger partial charge is 0.413 e. The number of allylic oxidation sites excluding steroid dienone is 1. The minimum atomic E-state index is -1.82. The van der Waals surface area contributed by atoms with Crippen molar-refractivity contribution in [1.29, 1.82) is 0 Å². The maximum atomic E-state index is 12.6. The van der Waals surface area contributed by atoms with Crippen LogP contribution in [0.1, 0.15) is 99.3 Å². The molecule has 0 saturated heterocycles. The number of carbonyl (C=O) groups excluding carboxylic acids is 1. The van der Waals surface area contributed by atoms with Crippen LogP contribution in [-0.2, 0) is 9.22 Å².